The molecule has 0 N–H and O–H groups in total. The molecule has 5 aromatic carbocycles. The number of rotatable bonds is 12. The molecule has 226 valence electrons. The van der Waals surface area contributed by atoms with Gasteiger partial charge >= 0.3 is 0 Å². The van der Waals surface area contributed by atoms with E-state index in [9.17, 15) is 0 Å². The molecule has 44 heavy (non-hydrogen) atoms. The second-order valence-corrected chi connectivity index (χ2v) is 12.2. The average Bonchev–Trinajstić information content (AvgIpc) is 3.05. The predicted molar refractivity (Wildman–Crippen MR) is 191 cm³/mol. The third-order valence-corrected chi connectivity index (χ3v) is 8.86. The van der Waals surface area contributed by atoms with Gasteiger partial charge in [0.05, 0.1) is 0 Å². The van der Waals surface area contributed by atoms with Crippen molar-refractivity contribution in [2.24, 2.45) is 0 Å². The zero-order valence-corrected chi connectivity index (χ0v) is 27.6. The van der Waals surface area contributed by atoms with Crippen molar-refractivity contribution < 1.29 is 0 Å². The SMILES string of the molecule is CCN(CC)c1ccc(C(c2ccc(N(C)Cc3ccc(Cl)cc3)cc2)c2ccc(N(C)Cc3ccc(Cl)cc3)cc2)cc1. The van der Waals surface area contributed by atoms with Gasteiger partial charge in [-0.1, -0.05) is 83.9 Å². The summed E-state index contributed by atoms with van der Waals surface area (Å²) in [6.07, 6.45) is 0. The lowest BCUT2D eigenvalue weighted by molar-refractivity contribution is 0.864. The van der Waals surface area contributed by atoms with Crippen LogP contribution >= 0.6 is 23.2 Å². The van der Waals surface area contributed by atoms with Crippen molar-refractivity contribution in [3.05, 3.63) is 159 Å². The molecule has 0 aliphatic rings. The molecule has 5 aromatic rings. The number of benzene rings is 5. The van der Waals surface area contributed by atoms with Gasteiger partial charge in [0.2, 0.25) is 0 Å². The first kappa shape index (κ1) is 31.5. The van der Waals surface area contributed by atoms with Gasteiger partial charge in [-0.3, -0.25) is 0 Å². The smallest absolute Gasteiger partial charge is 0.0426 e. The predicted octanol–water partition coefficient (Wildman–Crippen LogP) is 10.3. The summed E-state index contributed by atoms with van der Waals surface area (Å²) < 4.78 is 0. The second kappa shape index (κ2) is 14.7. The monoisotopic (exact) mass is 621 g/mol. The van der Waals surface area contributed by atoms with Crippen LogP contribution in [0.3, 0.4) is 0 Å². The molecule has 0 amide bonds. The van der Waals surface area contributed by atoms with E-state index in [1.54, 1.807) is 0 Å². The number of hydrogen-bond acceptors (Lipinski definition) is 3. The van der Waals surface area contributed by atoms with Gasteiger partial charge in [0.25, 0.3) is 0 Å². The van der Waals surface area contributed by atoms with Gasteiger partial charge in [-0.05, 0) is 102 Å². The average molecular weight is 623 g/mol. The van der Waals surface area contributed by atoms with E-state index in [2.05, 4.69) is 140 Å². The number of nitrogens with zero attached hydrogens (tertiary/aromatic N) is 3. The van der Waals surface area contributed by atoms with E-state index in [1.807, 2.05) is 24.3 Å². The van der Waals surface area contributed by atoms with E-state index in [0.29, 0.717) is 0 Å². The Labute approximate surface area is 273 Å². The summed E-state index contributed by atoms with van der Waals surface area (Å²) in [6.45, 7) is 8.04. The van der Waals surface area contributed by atoms with Gasteiger partial charge in [0.1, 0.15) is 0 Å². The van der Waals surface area contributed by atoms with E-state index in [0.717, 1.165) is 36.2 Å². The van der Waals surface area contributed by atoms with Crippen molar-refractivity contribution in [3.63, 3.8) is 0 Å². The summed E-state index contributed by atoms with van der Waals surface area (Å²) in [4.78, 5) is 6.92. The lowest BCUT2D eigenvalue weighted by atomic mass is 9.85. The van der Waals surface area contributed by atoms with Gasteiger partial charge in [0.15, 0.2) is 0 Å². The topological polar surface area (TPSA) is 9.72 Å². The molecule has 0 atom stereocenters. The first-order chi connectivity index (χ1) is 21.3. The first-order valence-electron chi connectivity index (χ1n) is 15.3. The Balaban J connectivity index is 1.41. The van der Waals surface area contributed by atoms with Crippen LogP contribution in [0.25, 0.3) is 0 Å². The molecule has 0 bridgehead atoms. The number of halogens is 2. The standard InChI is InChI=1S/C39H41Cl2N3/c1-5-44(6-2)38-25-15-33(16-26-38)39(31-11-21-36(22-12-31)42(3)27-29-7-17-34(40)18-8-29)32-13-23-37(24-14-32)43(4)28-30-9-19-35(41)20-10-30/h7-26,39H,5-6,27-28H2,1-4H3. The normalized spacial score (nSPS) is 11.1. The summed E-state index contributed by atoms with van der Waals surface area (Å²) in [5.41, 5.74) is 9.90. The summed E-state index contributed by atoms with van der Waals surface area (Å²) in [5, 5.41) is 1.52. The minimum Gasteiger partial charge on any atom is -0.372 e. The molecular formula is C39H41Cl2N3. The largest absolute Gasteiger partial charge is 0.372 e. The third-order valence-electron chi connectivity index (χ3n) is 8.36. The van der Waals surface area contributed by atoms with Crippen LogP contribution < -0.4 is 14.7 Å². The molecule has 0 fully saturated rings. The van der Waals surface area contributed by atoms with E-state index in [4.69, 9.17) is 23.2 Å². The van der Waals surface area contributed by atoms with Gasteiger partial charge in [0, 0.05) is 73.3 Å². The van der Waals surface area contributed by atoms with Crippen LogP contribution in [-0.2, 0) is 13.1 Å². The molecule has 0 unspecified atom stereocenters. The quantitative estimate of drug-likeness (QED) is 0.128. The van der Waals surface area contributed by atoms with Gasteiger partial charge in [-0.2, -0.15) is 0 Å². The summed E-state index contributed by atoms with van der Waals surface area (Å²) in [7, 11) is 4.26. The fourth-order valence-corrected chi connectivity index (χ4v) is 6.05. The van der Waals surface area contributed by atoms with Gasteiger partial charge in [-0.15, -0.1) is 0 Å². The summed E-state index contributed by atoms with van der Waals surface area (Å²) >= 11 is 12.2. The molecule has 3 nitrogen and oxygen atoms in total. The lowest BCUT2D eigenvalue weighted by Crippen LogP contribution is -2.21. The van der Waals surface area contributed by atoms with Crippen molar-refractivity contribution >= 4 is 40.3 Å². The van der Waals surface area contributed by atoms with Crippen LogP contribution in [0, 0.1) is 0 Å². The molecule has 0 heterocycles. The number of anilines is 3. The molecular weight excluding hydrogens is 581 g/mol. The van der Waals surface area contributed by atoms with Crippen molar-refractivity contribution in [2.75, 3.05) is 41.9 Å². The van der Waals surface area contributed by atoms with E-state index >= 15 is 0 Å². The minimum atomic E-state index is 0.118. The van der Waals surface area contributed by atoms with E-state index in [1.165, 1.54) is 44.9 Å². The Bertz CT molecular complexity index is 1500. The van der Waals surface area contributed by atoms with Crippen molar-refractivity contribution in [1.82, 2.24) is 0 Å². The molecule has 0 spiro atoms. The van der Waals surface area contributed by atoms with Crippen LogP contribution in [0.5, 0.6) is 0 Å². The zero-order chi connectivity index (χ0) is 31.1. The molecule has 0 saturated heterocycles. The van der Waals surface area contributed by atoms with Gasteiger partial charge < -0.3 is 14.7 Å². The molecule has 0 aliphatic carbocycles. The number of hydrogen-bond donors (Lipinski definition) is 0. The van der Waals surface area contributed by atoms with Crippen molar-refractivity contribution in [2.45, 2.75) is 32.9 Å². The van der Waals surface area contributed by atoms with Crippen LogP contribution in [0.4, 0.5) is 17.1 Å². The highest BCUT2D eigenvalue weighted by atomic mass is 35.5. The van der Waals surface area contributed by atoms with Crippen LogP contribution in [0.15, 0.2) is 121 Å². The van der Waals surface area contributed by atoms with E-state index < -0.39 is 0 Å². The fourth-order valence-electron chi connectivity index (χ4n) is 5.80. The molecule has 0 radical (unpaired) electrons. The molecule has 0 aliphatic heterocycles. The Morgan fingerprint density at radius 2 is 0.773 bits per heavy atom. The summed E-state index contributed by atoms with van der Waals surface area (Å²) in [6, 6.07) is 43.3. The van der Waals surface area contributed by atoms with Crippen LogP contribution in [-0.4, -0.2) is 27.2 Å². The minimum absolute atomic E-state index is 0.118. The molecule has 0 aromatic heterocycles. The Morgan fingerprint density at radius 3 is 1.09 bits per heavy atom. The molecule has 5 heteroatoms. The van der Waals surface area contributed by atoms with Crippen LogP contribution in [0.1, 0.15) is 47.6 Å². The van der Waals surface area contributed by atoms with E-state index in [-0.39, 0.29) is 5.92 Å². The van der Waals surface area contributed by atoms with Crippen molar-refractivity contribution in [3.8, 4) is 0 Å². The highest BCUT2D eigenvalue weighted by Gasteiger charge is 2.18. The second-order valence-electron chi connectivity index (χ2n) is 11.3. The highest BCUT2D eigenvalue weighted by molar-refractivity contribution is 6.30. The van der Waals surface area contributed by atoms with Gasteiger partial charge in [-0.25, -0.2) is 0 Å². The maximum absolute atomic E-state index is 6.09. The fraction of sp³-hybridized carbons (Fsp3) is 0.231. The maximum Gasteiger partial charge on any atom is 0.0426 e. The third kappa shape index (κ3) is 7.77. The van der Waals surface area contributed by atoms with Crippen molar-refractivity contribution in [1.29, 1.82) is 0 Å². The maximum atomic E-state index is 6.09. The molecule has 5 rings (SSSR count). The highest BCUT2D eigenvalue weighted by Crippen LogP contribution is 2.35. The zero-order valence-electron chi connectivity index (χ0n) is 26.1. The first-order valence-corrected chi connectivity index (χ1v) is 16.1. The lowest BCUT2D eigenvalue weighted by Gasteiger charge is -2.25. The Hall–Kier alpha value is -3.92. The Kier molecular flexibility index (Phi) is 10.5. The summed E-state index contributed by atoms with van der Waals surface area (Å²) in [5.74, 6) is 0.118. The van der Waals surface area contributed by atoms with Crippen LogP contribution in [0.2, 0.25) is 10.0 Å². The molecule has 0 saturated carbocycles. The Morgan fingerprint density at radius 1 is 0.455 bits per heavy atom.